The third-order valence-corrected chi connectivity index (χ3v) is 3.11. The first-order chi connectivity index (χ1) is 8.13. The van der Waals surface area contributed by atoms with Gasteiger partial charge in [0.1, 0.15) is 11.9 Å². The Labute approximate surface area is 102 Å². The van der Waals surface area contributed by atoms with Crippen LogP contribution in [0.25, 0.3) is 0 Å². The first kappa shape index (κ1) is 11.9. The Balaban J connectivity index is 2.33. The number of hydrogen-bond acceptors (Lipinski definition) is 2. The van der Waals surface area contributed by atoms with Gasteiger partial charge >= 0.3 is 0 Å². The summed E-state index contributed by atoms with van der Waals surface area (Å²) in [5, 5.41) is 10.3. The average molecular weight is 230 g/mol. The molecule has 1 N–H and O–H groups in total. The standard InChI is InChI=1S/C14H18N2O/c1-4-13-15-9-12(16(13)3)14(17)11-7-5-10(2)6-8-11/h5-9,14,17H,4H2,1-3H3. The second-order valence-electron chi connectivity index (χ2n) is 4.33. The molecule has 1 heterocycles. The molecule has 1 unspecified atom stereocenters. The van der Waals surface area contributed by atoms with Crippen LogP contribution in [0.5, 0.6) is 0 Å². The number of hydrogen-bond donors (Lipinski definition) is 1. The minimum absolute atomic E-state index is 0.603. The molecule has 0 fully saturated rings. The molecule has 0 aliphatic heterocycles. The van der Waals surface area contributed by atoms with Crippen LogP contribution in [0.4, 0.5) is 0 Å². The van der Waals surface area contributed by atoms with E-state index in [0.717, 1.165) is 23.5 Å². The third-order valence-electron chi connectivity index (χ3n) is 3.11. The summed E-state index contributed by atoms with van der Waals surface area (Å²) < 4.78 is 1.96. The summed E-state index contributed by atoms with van der Waals surface area (Å²) in [5.74, 6) is 0.992. The van der Waals surface area contributed by atoms with Gasteiger partial charge in [-0.05, 0) is 12.5 Å². The smallest absolute Gasteiger partial charge is 0.121 e. The van der Waals surface area contributed by atoms with E-state index in [2.05, 4.69) is 11.9 Å². The van der Waals surface area contributed by atoms with E-state index < -0.39 is 6.10 Å². The number of imidazole rings is 1. The zero-order valence-corrected chi connectivity index (χ0v) is 10.5. The van der Waals surface area contributed by atoms with Gasteiger partial charge in [-0.15, -0.1) is 0 Å². The van der Waals surface area contributed by atoms with E-state index in [0.29, 0.717) is 0 Å². The van der Waals surface area contributed by atoms with Crippen molar-refractivity contribution in [3.8, 4) is 0 Å². The molecule has 1 aromatic heterocycles. The number of rotatable bonds is 3. The lowest BCUT2D eigenvalue weighted by Gasteiger charge is -2.12. The molecule has 2 rings (SSSR count). The fraction of sp³-hybridized carbons (Fsp3) is 0.357. The summed E-state index contributed by atoms with van der Waals surface area (Å²) in [5.41, 5.74) is 2.94. The molecule has 2 aromatic rings. The number of aliphatic hydroxyl groups excluding tert-OH is 1. The molecule has 17 heavy (non-hydrogen) atoms. The van der Waals surface area contributed by atoms with Gasteiger partial charge in [0.15, 0.2) is 0 Å². The molecule has 1 atom stereocenters. The molecule has 0 aliphatic rings. The van der Waals surface area contributed by atoms with Crippen molar-refractivity contribution in [2.24, 2.45) is 7.05 Å². The minimum Gasteiger partial charge on any atom is -0.382 e. The maximum absolute atomic E-state index is 10.3. The predicted molar refractivity (Wildman–Crippen MR) is 67.8 cm³/mol. The lowest BCUT2D eigenvalue weighted by atomic mass is 10.1. The molecule has 0 saturated carbocycles. The van der Waals surface area contributed by atoms with Crippen LogP contribution in [0.15, 0.2) is 30.5 Å². The highest BCUT2D eigenvalue weighted by Crippen LogP contribution is 2.22. The normalized spacial score (nSPS) is 12.7. The first-order valence-electron chi connectivity index (χ1n) is 5.88. The topological polar surface area (TPSA) is 38.1 Å². The quantitative estimate of drug-likeness (QED) is 0.879. The molecular formula is C14H18N2O. The van der Waals surface area contributed by atoms with Crippen LogP contribution in [0.2, 0.25) is 0 Å². The first-order valence-corrected chi connectivity index (χ1v) is 5.88. The van der Waals surface area contributed by atoms with Crippen LogP contribution in [-0.4, -0.2) is 14.7 Å². The molecule has 1 aromatic carbocycles. The second kappa shape index (κ2) is 4.72. The van der Waals surface area contributed by atoms with E-state index in [1.807, 2.05) is 42.8 Å². The van der Waals surface area contributed by atoms with Crippen LogP contribution < -0.4 is 0 Å². The highest BCUT2D eigenvalue weighted by atomic mass is 16.3. The average Bonchev–Trinajstić information content (AvgIpc) is 2.70. The van der Waals surface area contributed by atoms with Crippen LogP contribution >= 0.6 is 0 Å². The maximum Gasteiger partial charge on any atom is 0.121 e. The lowest BCUT2D eigenvalue weighted by Crippen LogP contribution is -2.07. The van der Waals surface area contributed by atoms with Gasteiger partial charge in [-0.3, -0.25) is 0 Å². The Morgan fingerprint density at radius 2 is 1.94 bits per heavy atom. The Hall–Kier alpha value is -1.61. The van der Waals surface area contributed by atoms with Gasteiger partial charge in [0.2, 0.25) is 0 Å². The summed E-state index contributed by atoms with van der Waals surface area (Å²) in [6, 6.07) is 7.93. The van der Waals surface area contributed by atoms with E-state index in [1.165, 1.54) is 5.56 Å². The molecule has 0 aliphatic carbocycles. The number of nitrogens with zero attached hydrogens (tertiary/aromatic N) is 2. The van der Waals surface area contributed by atoms with E-state index in [9.17, 15) is 5.11 Å². The van der Waals surface area contributed by atoms with Gasteiger partial charge in [-0.1, -0.05) is 36.8 Å². The van der Waals surface area contributed by atoms with E-state index in [1.54, 1.807) is 6.20 Å². The van der Waals surface area contributed by atoms with Crippen LogP contribution in [0, 0.1) is 6.92 Å². The lowest BCUT2D eigenvalue weighted by molar-refractivity contribution is 0.211. The van der Waals surface area contributed by atoms with Crippen LogP contribution in [-0.2, 0) is 13.5 Å². The molecular weight excluding hydrogens is 212 g/mol. The van der Waals surface area contributed by atoms with Crippen molar-refractivity contribution in [2.75, 3.05) is 0 Å². The summed E-state index contributed by atoms with van der Waals surface area (Å²) in [7, 11) is 1.94. The van der Waals surface area contributed by atoms with Crippen molar-refractivity contribution >= 4 is 0 Å². The zero-order valence-electron chi connectivity index (χ0n) is 10.5. The van der Waals surface area contributed by atoms with Gasteiger partial charge in [0, 0.05) is 13.5 Å². The Kier molecular flexibility index (Phi) is 3.29. The summed E-state index contributed by atoms with van der Waals surface area (Å²) >= 11 is 0. The van der Waals surface area contributed by atoms with Gasteiger partial charge in [-0.2, -0.15) is 0 Å². The highest BCUT2D eigenvalue weighted by molar-refractivity contribution is 5.28. The summed E-state index contributed by atoms with van der Waals surface area (Å²) in [4.78, 5) is 4.30. The van der Waals surface area contributed by atoms with Gasteiger partial charge < -0.3 is 9.67 Å². The fourth-order valence-electron chi connectivity index (χ4n) is 1.96. The molecule has 3 heteroatoms. The molecule has 0 bridgehead atoms. The molecule has 0 spiro atoms. The Morgan fingerprint density at radius 1 is 1.29 bits per heavy atom. The number of aromatic nitrogens is 2. The van der Waals surface area contributed by atoms with Crippen molar-refractivity contribution in [3.05, 3.63) is 53.1 Å². The van der Waals surface area contributed by atoms with Gasteiger partial charge in [0.05, 0.1) is 11.9 Å². The van der Waals surface area contributed by atoms with Crippen molar-refractivity contribution in [1.29, 1.82) is 0 Å². The zero-order chi connectivity index (χ0) is 12.4. The summed E-state index contributed by atoms with van der Waals surface area (Å²) in [6.45, 7) is 4.10. The molecule has 0 saturated heterocycles. The Bertz CT molecular complexity index is 499. The van der Waals surface area contributed by atoms with Gasteiger partial charge in [-0.25, -0.2) is 4.98 Å². The third kappa shape index (κ3) is 2.24. The second-order valence-corrected chi connectivity index (χ2v) is 4.33. The molecule has 90 valence electrons. The van der Waals surface area contributed by atoms with Crippen molar-refractivity contribution in [1.82, 2.24) is 9.55 Å². The number of benzene rings is 1. The van der Waals surface area contributed by atoms with Crippen LogP contribution in [0.3, 0.4) is 0 Å². The summed E-state index contributed by atoms with van der Waals surface area (Å²) in [6.07, 6.45) is 2.02. The predicted octanol–water partition coefficient (Wildman–Crippen LogP) is 2.37. The monoisotopic (exact) mass is 230 g/mol. The van der Waals surface area contributed by atoms with Crippen molar-refractivity contribution in [2.45, 2.75) is 26.4 Å². The number of aliphatic hydroxyl groups is 1. The highest BCUT2D eigenvalue weighted by Gasteiger charge is 2.15. The van der Waals surface area contributed by atoms with Crippen molar-refractivity contribution < 1.29 is 5.11 Å². The fourth-order valence-corrected chi connectivity index (χ4v) is 1.96. The Morgan fingerprint density at radius 3 is 2.47 bits per heavy atom. The largest absolute Gasteiger partial charge is 0.382 e. The SMILES string of the molecule is CCc1ncc(C(O)c2ccc(C)cc2)n1C. The minimum atomic E-state index is -0.603. The van der Waals surface area contributed by atoms with Gasteiger partial charge in [0.25, 0.3) is 0 Å². The molecule has 3 nitrogen and oxygen atoms in total. The number of aryl methyl sites for hydroxylation is 2. The van der Waals surface area contributed by atoms with Crippen molar-refractivity contribution in [3.63, 3.8) is 0 Å². The maximum atomic E-state index is 10.3. The molecule has 0 amide bonds. The van der Waals surface area contributed by atoms with Crippen LogP contribution in [0.1, 0.15) is 35.7 Å². The van der Waals surface area contributed by atoms with E-state index in [4.69, 9.17) is 0 Å². The molecule has 0 radical (unpaired) electrons. The van der Waals surface area contributed by atoms with E-state index in [-0.39, 0.29) is 0 Å². The van der Waals surface area contributed by atoms with E-state index >= 15 is 0 Å².